The van der Waals surface area contributed by atoms with Crippen LogP contribution in [0.5, 0.6) is 0 Å². The number of nitrogens with one attached hydrogen (secondary N) is 2. The molecule has 0 aliphatic rings. The average molecular weight is 337 g/mol. The van der Waals surface area contributed by atoms with E-state index in [0.29, 0.717) is 13.0 Å². The van der Waals surface area contributed by atoms with E-state index in [0.717, 1.165) is 49.7 Å². The number of guanidine groups is 1. The molecule has 0 saturated carbocycles. The first kappa shape index (κ1) is 20.0. The molecule has 0 fully saturated rings. The average Bonchev–Trinajstić information content (AvgIpc) is 2.80. The fourth-order valence-electron chi connectivity index (χ4n) is 2.43. The van der Waals surface area contributed by atoms with Gasteiger partial charge in [0.2, 0.25) is 0 Å². The lowest BCUT2D eigenvalue weighted by Gasteiger charge is -2.11. The van der Waals surface area contributed by atoms with Crippen LogP contribution >= 0.6 is 0 Å². The van der Waals surface area contributed by atoms with Crippen LogP contribution in [0.2, 0.25) is 0 Å². The standard InChI is InChI=1S/C17H31N5O2/c1-6-18-17(19-11-9-7-8-10-16(23)24-5)20-12-15-13(2)21-22(4)14(15)3/h6-12H2,1-5H3,(H2,18,19,20). The number of ether oxygens (including phenoxy) is 1. The summed E-state index contributed by atoms with van der Waals surface area (Å²) >= 11 is 0. The monoisotopic (exact) mass is 337 g/mol. The van der Waals surface area contributed by atoms with Gasteiger partial charge >= 0.3 is 5.97 Å². The Labute approximate surface area is 144 Å². The zero-order valence-electron chi connectivity index (χ0n) is 15.6. The maximum Gasteiger partial charge on any atom is 0.305 e. The molecule has 136 valence electrons. The molecule has 0 aliphatic carbocycles. The van der Waals surface area contributed by atoms with Gasteiger partial charge in [0.1, 0.15) is 0 Å². The van der Waals surface area contributed by atoms with Crippen molar-refractivity contribution in [3.05, 3.63) is 17.0 Å². The van der Waals surface area contributed by atoms with Gasteiger partial charge < -0.3 is 15.4 Å². The Hall–Kier alpha value is -2.05. The normalized spacial score (nSPS) is 11.5. The summed E-state index contributed by atoms with van der Waals surface area (Å²) in [5.74, 6) is 0.674. The van der Waals surface area contributed by atoms with Crippen LogP contribution in [0.1, 0.15) is 49.6 Å². The van der Waals surface area contributed by atoms with Gasteiger partial charge in [0.05, 0.1) is 19.3 Å². The van der Waals surface area contributed by atoms with Crippen LogP contribution in [-0.4, -0.2) is 41.9 Å². The second-order valence-corrected chi connectivity index (χ2v) is 5.78. The predicted octanol–water partition coefficient (Wildman–Crippen LogP) is 1.83. The molecule has 0 spiro atoms. The van der Waals surface area contributed by atoms with Gasteiger partial charge in [-0.05, 0) is 33.6 Å². The summed E-state index contributed by atoms with van der Waals surface area (Å²) in [4.78, 5) is 15.7. The number of aryl methyl sites for hydroxylation is 2. The zero-order valence-corrected chi connectivity index (χ0v) is 15.6. The first-order chi connectivity index (χ1) is 11.5. The molecule has 0 aromatic carbocycles. The summed E-state index contributed by atoms with van der Waals surface area (Å²) in [6.07, 6.45) is 3.33. The van der Waals surface area contributed by atoms with Gasteiger partial charge in [0.15, 0.2) is 5.96 Å². The number of esters is 1. The molecule has 7 nitrogen and oxygen atoms in total. The Kier molecular flexibility index (Phi) is 8.89. The molecule has 0 atom stereocenters. The van der Waals surface area contributed by atoms with Crippen molar-refractivity contribution in [1.29, 1.82) is 0 Å². The first-order valence-corrected chi connectivity index (χ1v) is 8.57. The van der Waals surface area contributed by atoms with Crippen LogP contribution in [0.15, 0.2) is 4.99 Å². The zero-order chi connectivity index (χ0) is 17.9. The molecule has 1 aromatic heterocycles. The first-order valence-electron chi connectivity index (χ1n) is 8.57. The highest BCUT2D eigenvalue weighted by Crippen LogP contribution is 2.12. The number of nitrogens with zero attached hydrogens (tertiary/aromatic N) is 3. The molecule has 2 N–H and O–H groups in total. The Morgan fingerprint density at radius 1 is 1.25 bits per heavy atom. The highest BCUT2D eigenvalue weighted by molar-refractivity contribution is 5.79. The summed E-state index contributed by atoms with van der Waals surface area (Å²) in [7, 11) is 3.38. The number of carbonyl (C=O) groups is 1. The van der Waals surface area contributed by atoms with E-state index in [9.17, 15) is 4.79 Å². The maximum atomic E-state index is 11.0. The number of unbranched alkanes of at least 4 members (excludes halogenated alkanes) is 2. The molecular formula is C17H31N5O2. The fourth-order valence-corrected chi connectivity index (χ4v) is 2.43. The summed E-state index contributed by atoms with van der Waals surface area (Å²) in [5, 5.41) is 11.0. The van der Waals surface area contributed by atoms with Gasteiger partial charge in [-0.3, -0.25) is 9.48 Å². The molecule has 0 aliphatic heterocycles. The minimum absolute atomic E-state index is 0.139. The number of hydrogen-bond acceptors (Lipinski definition) is 4. The number of hydrogen-bond donors (Lipinski definition) is 2. The summed E-state index contributed by atoms with van der Waals surface area (Å²) in [6.45, 7) is 8.39. The molecule has 0 radical (unpaired) electrons. The van der Waals surface area contributed by atoms with E-state index >= 15 is 0 Å². The second-order valence-electron chi connectivity index (χ2n) is 5.78. The molecule has 0 bridgehead atoms. The number of carbonyl (C=O) groups excluding carboxylic acids is 1. The van der Waals surface area contributed by atoms with Crippen LogP contribution in [0.4, 0.5) is 0 Å². The topological polar surface area (TPSA) is 80.5 Å². The third kappa shape index (κ3) is 6.60. The highest BCUT2D eigenvalue weighted by atomic mass is 16.5. The third-order valence-electron chi connectivity index (χ3n) is 3.98. The number of aliphatic imine (C=N–C) groups is 1. The van der Waals surface area contributed by atoms with Crippen molar-refractivity contribution in [3.63, 3.8) is 0 Å². The summed E-state index contributed by atoms with van der Waals surface area (Å²) in [6, 6.07) is 0. The van der Waals surface area contributed by atoms with Gasteiger partial charge in [0, 0.05) is 37.8 Å². The maximum absolute atomic E-state index is 11.0. The fraction of sp³-hybridized carbons (Fsp3) is 0.706. The van der Waals surface area contributed by atoms with Crippen molar-refractivity contribution >= 4 is 11.9 Å². The molecule has 1 rings (SSSR count). The molecule has 1 heterocycles. The van der Waals surface area contributed by atoms with Gasteiger partial charge in [-0.25, -0.2) is 4.99 Å². The third-order valence-corrected chi connectivity index (χ3v) is 3.98. The minimum Gasteiger partial charge on any atom is -0.469 e. The lowest BCUT2D eigenvalue weighted by molar-refractivity contribution is -0.140. The summed E-state index contributed by atoms with van der Waals surface area (Å²) < 4.78 is 6.52. The lowest BCUT2D eigenvalue weighted by atomic mass is 10.2. The number of methoxy groups -OCH3 is 1. The SMILES string of the molecule is CCNC(=NCc1c(C)nn(C)c1C)NCCCCCC(=O)OC. The van der Waals surface area contributed by atoms with E-state index in [1.54, 1.807) is 0 Å². The molecule has 1 aromatic rings. The molecule has 7 heteroatoms. The van der Waals surface area contributed by atoms with E-state index in [-0.39, 0.29) is 5.97 Å². The van der Waals surface area contributed by atoms with Gasteiger partial charge in [-0.2, -0.15) is 5.10 Å². The quantitative estimate of drug-likeness (QED) is 0.311. The van der Waals surface area contributed by atoms with Gasteiger partial charge in [0.25, 0.3) is 0 Å². The molecule has 0 unspecified atom stereocenters. The summed E-state index contributed by atoms with van der Waals surface area (Å²) in [5.41, 5.74) is 3.35. The van der Waals surface area contributed by atoms with Crippen molar-refractivity contribution in [2.24, 2.45) is 12.0 Å². The van der Waals surface area contributed by atoms with Crippen LogP contribution < -0.4 is 10.6 Å². The highest BCUT2D eigenvalue weighted by Gasteiger charge is 2.08. The largest absolute Gasteiger partial charge is 0.469 e. The van der Waals surface area contributed by atoms with Crippen LogP contribution in [0.3, 0.4) is 0 Å². The van der Waals surface area contributed by atoms with E-state index in [1.165, 1.54) is 12.7 Å². The Morgan fingerprint density at radius 3 is 2.58 bits per heavy atom. The van der Waals surface area contributed by atoms with Crippen LogP contribution in [0.25, 0.3) is 0 Å². The Morgan fingerprint density at radius 2 is 2.00 bits per heavy atom. The second kappa shape index (κ2) is 10.7. The van der Waals surface area contributed by atoms with E-state index in [1.807, 2.05) is 25.6 Å². The van der Waals surface area contributed by atoms with Crippen molar-refractivity contribution in [1.82, 2.24) is 20.4 Å². The van der Waals surface area contributed by atoms with Gasteiger partial charge in [-0.1, -0.05) is 6.42 Å². The minimum atomic E-state index is -0.139. The van der Waals surface area contributed by atoms with Crippen molar-refractivity contribution in [2.45, 2.75) is 53.0 Å². The number of aromatic nitrogens is 2. The smallest absolute Gasteiger partial charge is 0.305 e. The van der Waals surface area contributed by atoms with Crippen LogP contribution in [-0.2, 0) is 23.1 Å². The molecule has 24 heavy (non-hydrogen) atoms. The van der Waals surface area contributed by atoms with E-state index < -0.39 is 0 Å². The molecule has 0 amide bonds. The Balaban J connectivity index is 2.41. The predicted molar refractivity (Wildman–Crippen MR) is 96.0 cm³/mol. The van der Waals surface area contributed by atoms with Gasteiger partial charge in [-0.15, -0.1) is 0 Å². The van der Waals surface area contributed by atoms with E-state index in [4.69, 9.17) is 0 Å². The van der Waals surface area contributed by atoms with E-state index in [2.05, 4.69) is 32.4 Å². The number of rotatable bonds is 9. The van der Waals surface area contributed by atoms with Crippen LogP contribution in [0, 0.1) is 13.8 Å². The Bertz CT molecular complexity index is 551. The van der Waals surface area contributed by atoms with Crippen molar-refractivity contribution in [3.8, 4) is 0 Å². The molecular weight excluding hydrogens is 306 g/mol. The lowest BCUT2D eigenvalue weighted by Crippen LogP contribution is -2.37. The van der Waals surface area contributed by atoms with Crippen molar-refractivity contribution < 1.29 is 9.53 Å². The van der Waals surface area contributed by atoms with Crippen molar-refractivity contribution in [2.75, 3.05) is 20.2 Å². The molecule has 0 saturated heterocycles.